The zero-order chi connectivity index (χ0) is 13.5. The highest BCUT2D eigenvalue weighted by Crippen LogP contribution is 2.53. The van der Waals surface area contributed by atoms with Gasteiger partial charge in [-0.25, -0.2) is 0 Å². The minimum atomic E-state index is 0.367. The lowest BCUT2D eigenvalue weighted by molar-refractivity contribution is -0.00605. The molecule has 17 heavy (non-hydrogen) atoms. The third-order valence-corrected chi connectivity index (χ3v) is 5.28. The minimum absolute atomic E-state index is 0.367. The molecule has 0 aliphatic heterocycles. The van der Waals surface area contributed by atoms with Crippen LogP contribution in [0.5, 0.6) is 0 Å². The van der Waals surface area contributed by atoms with Gasteiger partial charge in [-0.2, -0.15) is 0 Å². The lowest BCUT2D eigenvalue weighted by Gasteiger charge is -2.52. The van der Waals surface area contributed by atoms with Crippen molar-refractivity contribution < 1.29 is 0 Å². The van der Waals surface area contributed by atoms with Crippen LogP contribution in [0.25, 0.3) is 0 Å². The van der Waals surface area contributed by atoms with Crippen molar-refractivity contribution in [2.45, 2.75) is 68.2 Å². The normalized spacial score (nSPS) is 27.3. The van der Waals surface area contributed by atoms with Gasteiger partial charge in [0.15, 0.2) is 0 Å². The fourth-order valence-electron chi connectivity index (χ4n) is 3.09. The third-order valence-electron chi connectivity index (χ3n) is 5.28. The van der Waals surface area contributed by atoms with Crippen LogP contribution in [-0.2, 0) is 0 Å². The largest absolute Gasteiger partial charge is 0.0882 e. The second-order valence-electron chi connectivity index (χ2n) is 8.48. The molecule has 0 saturated heterocycles. The summed E-state index contributed by atoms with van der Waals surface area (Å²) < 4.78 is 0. The second-order valence-corrected chi connectivity index (χ2v) is 8.48. The molecular formula is C17H32. The Hall–Kier alpha value is -0.260. The molecule has 2 atom stereocenters. The van der Waals surface area contributed by atoms with Gasteiger partial charge in [0.2, 0.25) is 0 Å². The summed E-state index contributed by atoms with van der Waals surface area (Å²) in [6.45, 7) is 19.3. The van der Waals surface area contributed by atoms with Gasteiger partial charge in [-0.1, -0.05) is 67.5 Å². The summed E-state index contributed by atoms with van der Waals surface area (Å²) in [6.07, 6.45) is 7.49. The lowest BCUT2D eigenvalue weighted by atomic mass is 9.53. The summed E-state index contributed by atoms with van der Waals surface area (Å²) in [5.41, 5.74) is 1.13. The van der Waals surface area contributed by atoms with E-state index in [1.807, 2.05) is 0 Å². The van der Waals surface area contributed by atoms with E-state index in [0.717, 1.165) is 5.92 Å². The summed E-state index contributed by atoms with van der Waals surface area (Å²) in [5.74, 6) is 1.51. The van der Waals surface area contributed by atoms with Crippen molar-refractivity contribution in [2.24, 2.45) is 28.1 Å². The van der Waals surface area contributed by atoms with Crippen LogP contribution in [0.4, 0.5) is 0 Å². The van der Waals surface area contributed by atoms with E-state index in [-0.39, 0.29) is 0 Å². The molecule has 0 aromatic rings. The molecular weight excluding hydrogens is 204 g/mol. The van der Waals surface area contributed by atoms with Gasteiger partial charge in [0.1, 0.15) is 0 Å². The quantitative estimate of drug-likeness (QED) is 0.513. The molecule has 0 fully saturated rings. The Labute approximate surface area is 109 Å². The van der Waals surface area contributed by atoms with E-state index in [9.17, 15) is 0 Å². The fraction of sp³-hybridized carbons (Fsp3) is 0.882. The fourth-order valence-corrected chi connectivity index (χ4v) is 3.09. The van der Waals surface area contributed by atoms with Crippen molar-refractivity contribution in [1.82, 2.24) is 0 Å². The molecule has 0 heteroatoms. The van der Waals surface area contributed by atoms with E-state index in [4.69, 9.17) is 0 Å². The van der Waals surface area contributed by atoms with E-state index >= 15 is 0 Å². The molecule has 0 radical (unpaired) electrons. The maximum Gasteiger partial charge on any atom is -0.0151 e. The first kappa shape index (κ1) is 14.8. The molecule has 2 unspecified atom stereocenters. The molecule has 100 valence electrons. The van der Waals surface area contributed by atoms with Gasteiger partial charge in [-0.05, 0) is 40.9 Å². The van der Waals surface area contributed by atoms with Gasteiger partial charge >= 0.3 is 0 Å². The summed E-state index contributed by atoms with van der Waals surface area (Å²) >= 11 is 0. The average molecular weight is 236 g/mol. The smallest absolute Gasteiger partial charge is 0.0151 e. The maximum atomic E-state index is 2.49. The van der Waals surface area contributed by atoms with E-state index in [1.54, 1.807) is 0 Å². The zero-order valence-corrected chi connectivity index (χ0v) is 13.2. The molecule has 0 aromatic heterocycles. The van der Waals surface area contributed by atoms with Crippen molar-refractivity contribution in [1.29, 1.82) is 0 Å². The molecule has 1 rings (SSSR count). The molecule has 0 saturated carbocycles. The Morgan fingerprint density at radius 2 is 1.41 bits per heavy atom. The Morgan fingerprint density at radius 1 is 0.882 bits per heavy atom. The molecule has 1 aliphatic carbocycles. The Balaban J connectivity index is 3.07. The maximum absolute atomic E-state index is 2.49. The Kier molecular flexibility index (Phi) is 3.87. The van der Waals surface area contributed by atoms with Crippen molar-refractivity contribution in [3.8, 4) is 0 Å². The van der Waals surface area contributed by atoms with Crippen LogP contribution in [0.2, 0.25) is 0 Å². The van der Waals surface area contributed by atoms with Crippen LogP contribution in [0, 0.1) is 28.1 Å². The predicted molar refractivity (Wildman–Crippen MR) is 78.0 cm³/mol. The van der Waals surface area contributed by atoms with Gasteiger partial charge < -0.3 is 0 Å². The SMILES string of the molecule is CC(C)(C)C1C=CCCC1C(C)(C)C(C)(C)C. The highest BCUT2D eigenvalue weighted by Gasteiger charge is 2.45. The summed E-state index contributed by atoms with van der Waals surface area (Å²) in [6, 6.07) is 0. The molecule has 1 aliphatic rings. The Bertz CT molecular complexity index is 280. The van der Waals surface area contributed by atoms with Gasteiger partial charge in [0.05, 0.1) is 0 Å². The first-order valence-corrected chi connectivity index (χ1v) is 7.14. The van der Waals surface area contributed by atoms with Gasteiger partial charge in [-0.15, -0.1) is 0 Å². The van der Waals surface area contributed by atoms with Gasteiger partial charge in [0, 0.05) is 0 Å². The zero-order valence-electron chi connectivity index (χ0n) is 13.2. The minimum Gasteiger partial charge on any atom is -0.0882 e. The van der Waals surface area contributed by atoms with Gasteiger partial charge in [0.25, 0.3) is 0 Å². The van der Waals surface area contributed by atoms with Crippen molar-refractivity contribution >= 4 is 0 Å². The highest BCUT2D eigenvalue weighted by atomic mass is 14.5. The Morgan fingerprint density at radius 3 is 1.82 bits per heavy atom. The third kappa shape index (κ3) is 2.95. The number of allylic oxidation sites excluding steroid dienone is 2. The van der Waals surface area contributed by atoms with Crippen LogP contribution in [0.1, 0.15) is 68.2 Å². The van der Waals surface area contributed by atoms with Crippen LogP contribution < -0.4 is 0 Å². The highest BCUT2D eigenvalue weighted by molar-refractivity contribution is 5.06. The molecule has 0 nitrogen and oxygen atoms in total. The summed E-state index contributed by atoms with van der Waals surface area (Å²) in [5, 5.41) is 0. The average Bonchev–Trinajstić information content (AvgIpc) is 2.14. The van der Waals surface area contributed by atoms with Crippen LogP contribution in [0.15, 0.2) is 12.2 Å². The monoisotopic (exact) mass is 236 g/mol. The number of rotatable bonds is 1. The molecule has 0 bridgehead atoms. The summed E-state index contributed by atoms with van der Waals surface area (Å²) in [7, 11) is 0. The molecule has 0 spiro atoms. The van der Waals surface area contributed by atoms with Crippen LogP contribution in [0.3, 0.4) is 0 Å². The summed E-state index contributed by atoms with van der Waals surface area (Å²) in [4.78, 5) is 0. The van der Waals surface area contributed by atoms with E-state index in [1.165, 1.54) is 12.8 Å². The lowest BCUT2D eigenvalue weighted by Crippen LogP contribution is -2.44. The van der Waals surface area contributed by atoms with Gasteiger partial charge in [-0.3, -0.25) is 0 Å². The van der Waals surface area contributed by atoms with Crippen LogP contribution in [-0.4, -0.2) is 0 Å². The van der Waals surface area contributed by atoms with Crippen molar-refractivity contribution in [2.75, 3.05) is 0 Å². The van der Waals surface area contributed by atoms with E-state index in [0.29, 0.717) is 22.2 Å². The number of hydrogen-bond acceptors (Lipinski definition) is 0. The molecule has 0 N–H and O–H groups in total. The van der Waals surface area contributed by atoms with Crippen molar-refractivity contribution in [3.63, 3.8) is 0 Å². The molecule has 0 aromatic carbocycles. The van der Waals surface area contributed by atoms with Crippen molar-refractivity contribution in [3.05, 3.63) is 12.2 Å². The topological polar surface area (TPSA) is 0 Å². The van der Waals surface area contributed by atoms with E-state index < -0.39 is 0 Å². The number of hydrogen-bond donors (Lipinski definition) is 0. The van der Waals surface area contributed by atoms with Crippen LogP contribution >= 0.6 is 0 Å². The first-order chi connectivity index (χ1) is 7.48. The first-order valence-electron chi connectivity index (χ1n) is 7.14. The van der Waals surface area contributed by atoms with E-state index in [2.05, 4.69) is 67.5 Å². The molecule has 0 heterocycles. The predicted octanol–water partition coefficient (Wildman–Crippen LogP) is 5.69. The standard InChI is InChI=1S/C17H32/c1-15(2,3)13-11-9-10-12-14(13)17(7,8)16(4,5)6/h9,11,13-14H,10,12H2,1-8H3. The molecule has 0 amide bonds. The second kappa shape index (κ2) is 4.44.